The number of anilines is 1. The van der Waals surface area contributed by atoms with E-state index in [1.54, 1.807) is 18.5 Å². The van der Waals surface area contributed by atoms with E-state index in [0.29, 0.717) is 37.6 Å². The highest BCUT2D eigenvalue weighted by Gasteiger charge is 2.32. The zero-order chi connectivity index (χ0) is 20.3. The van der Waals surface area contributed by atoms with Crippen LogP contribution in [0.2, 0.25) is 0 Å². The minimum absolute atomic E-state index is 0.327. The van der Waals surface area contributed by atoms with Gasteiger partial charge in [-0.3, -0.25) is 9.78 Å². The van der Waals surface area contributed by atoms with Crippen LogP contribution in [0.5, 0.6) is 0 Å². The Morgan fingerprint density at radius 3 is 2.79 bits per heavy atom. The SMILES string of the molecule is Cc1nc(-c2cccnc2)nc(N2CCCC(C(=O)NCC(F)(F)F)C2)c1C. The summed E-state index contributed by atoms with van der Waals surface area (Å²) in [5.41, 5.74) is 2.49. The van der Waals surface area contributed by atoms with Gasteiger partial charge >= 0.3 is 6.18 Å². The maximum Gasteiger partial charge on any atom is 0.405 e. The van der Waals surface area contributed by atoms with Crippen molar-refractivity contribution in [2.45, 2.75) is 32.9 Å². The number of halogens is 3. The van der Waals surface area contributed by atoms with E-state index in [4.69, 9.17) is 0 Å². The summed E-state index contributed by atoms with van der Waals surface area (Å²) < 4.78 is 37.1. The van der Waals surface area contributed by atoms with E-state index in [-0.39, 0.29) is 0 Å². The van der Waals surface area contributed by atoms with Gasteiger partial charge in [0.25, 0.3) is 0 Å². The molecule has 1 aliphatic rings. The molecule has 0 spiro atoms. The zero-order valence-electron chi connectivity index (χ0n) is 15.8. The van der Waals surface area contributed by atoms with Crippen LogP contribution in [0.4, 0.5) is 19.0 Å². The van der Waals surface area contributed by atoms with Gasteiger partial charge in [0, 0.05) is 42.3 Å². The third kappa shape index (κ3) is 4.76. The fourth-order valence-electron chi connectivity index (χ4n) is 3.26. The van der Waals surface area contributed by atoms with Crippen LogP contribution < -0.4 is 10.2 Å². The lowest BCUT2D eigenvalue weighted by atomic mass is 9.96. The molecule has 9 heteroatoms. The smallest absolute Gasteiger partial charge is 0.355 e. The van der Waals surface area contributed by atoms with Gasteiger partial charge in [0.15, 0.2) is 5.82 Å². The summed E-state index contributed by atoms with van der Waals surface area (Å²) >= 11 is 0. The van der Waals surface area contributed by atoms with Crippen molar-refractivity contribution in [1.82, 2.24) is 20.3 Å². The normalized spacial score (nSPS) is 17.5. The Hall–Kier alpha value is -2.71. The van der Waals surface area contributed by atoms with Gasteiger partial charge in [-0.25, -0.2) is 9.97 Å². The maximum absolute atomic E-state index is 12.4. The molecule has 6 nitrogen and oxygen atoms in total. The minimum atomic E-state index is -4.41. The molecule has 1 N–H and O–H groups in total. The van der Waals surface area contributed by atoms with E-state index in [0.717, 1.165) is 16.8 Å². The first kappa shape index (κ1) is 20.0. The van der Waals surface area contributed by atoms with E-state index in [9.17, 15) is 18.0 Å². The van der Waals surface area contributed by atoms with E-state index >= 15 is 0 Å². The van der Waals surface area contributed by atoms with Crippen molar-refractivity contribution in [3.8, 4) is 11.4 Å². The Morgan fingerprint density at radius 1 is 1.32 bits per heavy atom. The number of rotatable bonds is 4. The van der Waals surface area contributed by atoms with Gasteiger partial charge < -0.3 is 10.2 Å². The number of amides is 1. The molecule has 1 amide bonds. The largest absolute Gasteiger partial charge is 0.405 e. The Morgan fingerprint density at radius 2 is 2.11 bits per heavy atom. The lowest BCUT2D eigenvalue weighted by Crippen LogP contribution is -2.45. The molecule has 3 rings (SSSR count). The predicted molar refractivity (Wildman–Crippen MR) is 98.7 cm³/mol. The van der Waals surface area contributed by atoms with Crippen LogP contribution in [0.1, 0.15) is 24.1 Å². The summed E-state index contributed by atoms with van der Waals surface area (Å²) in [7, 11) is 0. The van der Waals surface area contributed by atoms with Gasteiger partial charge in [-0.05, 0) is 38.8 Å². The summed E-state index contributed by atoms with van der Waals surface area (Å²) in [5.74, 6) is 0.167. The van der Waals surface area contributed by atoms with E-state index < -0.39 is 24.5 Å². The maximum atomic E-state index is 12.4. The van der Waals surface area contributed by atoms with Gasteiger partial charge in [0.1, 0.15) is 12.4 Å². The fraction of sp³-hybridized carbons (Fsp3) is 0.474. The molecule has 0 aromatic carbocycles. The van der Waals surface area contributed by atoms with Crippen molar-refractivity contribution < 1.29 is 18.0 Å². The molecule has 150 valence electrons. The van der Waals surface area contributed by atoms with Gasteiger partial charge in [-0.15, -0.1) is 0 Å². The number of carbonyl (C=O) groups is 1. The number of hydrogen-bond acceptors (Lipinski definition) is 5. The molecule has 0 radical (unpaired) electrons. The summed E-state index contributed by atoms with van der Waals surface area (Å²) in [6, 6.07) is 3.67. The minimum Gasteiger partial charge on any atom is -0.355 e. The van der Waals surface area contributed by atoms with Gasteiger partial charge in [0.05, 0.1) is 5.92 Å². The van der Waals surface area contributed by atoms with Gasteiger partial charge in [-0.1, -0.05) is 0 Å². The van der Waals surface area contributed by atoms with Crippen LogP contribution in [-0.4, -0.2) is 46.7 Å². The zero-order valence-corrected chi connectivity index (χ0v) is 15.8. The highest BCUT2D eigenvalue weighted by Crippen LogP contribution is 2.28. The molecule has 1 fully saturated rings. The average Bonchev–Trinajstić information content (AvgIpc) is 2.68. The molecule has 0 saturated carbocycles. The van der Waals surface area contributed by atoms with Crippen LogP contribution in [0.3, 0.4) is 0 Å². The molecular weight excluding hydrogens is 371 g/mol. The van der Waals surface area contributed by atoms with E-state index in [1.165, 1.54) is 0 Å². The quantitative estimate of drug-likeness (QED) is 0.865. The number of alkyl halides is 3. The second-order valence-electron chi connectivity index (χ2n) is 6.94. The number of carbonyl (C=O) groups excluding carboxylic acids is 1. The Labute approximate surface area is 161 Å². The van der Waals surface area contributed by atoms with Gasteiger partial charge in [0.2, 0.25) is 5.91 Å². The highest BCUT2D eigenvalue weighted by atomic mass is 19.4. The van der Waals surface area contributed by atoms with Crippen LogP contribution in [0, 0.1) is 19.8 Å². The van der Waals surface area contributed by atoms with Crippen LogP contribution in [0.15, 0.2) is 24.5 Å². The summed E-state index contributed by atoms with van der Waals surface area (Å²) in [6.45, 7) is 3.50. The topological polar surface area (TPSA) is 71.0 Å². The first-order valence-corrected chi connectivity index (χ1v) is 9.09. The van der Waals surface area contributed by atoms with Crippen molar-refractivity contribution in [3.05, 3.63) is 35.8 Å². The molecule has 1 unspecified atom stereocenters. The third-order valence-corrected chi connectivity index (χ3v) is 4.84. The van der Waals surface area contributed by atoms with Crippen molar-refractivity contribution in [2.24, 2.45) is 5.92 Å². The molecular formula is C19H22F3N5O. The standard InChI is InChI=1S/C19H22F3N5O/c1-12-13(2)25-16(14-5-3-7-23-9-14)26-17(12)27-8-4-6-15(10-27)18(28)24-11-19(20,21)22/h3,5,7,9,15H,4,6,8,10-11H2,1-2H3,(H,24,28). The lowest BCUT2D eigenvalue weighted by Gasteiger charge is -2.34. The predicted octanol–water partition coefficient (Wildman–Crippen LogP) is 3.05. The molecule has 1 saturated heterocycles. The van der Waals surface area contributed by atoms with Gasteiger partial charge in [-0.2, -0.15) is 13.2 Å². The molecule has 1 aliphatic heterocycles. The Bertz CT molecular complexity index is 841. The molecule has 0 aliphatic carbocycles. The first-order chi connectivity index (χ1) is 13.2. The van der Waals surface area contributed by atoms with Crippen LogP contribution >= 0.6 is 0 Å². The van der Waals surface area contributed by atoms with Crippen LogP contribution in [-0.2, 0) is 4.79 Å². The second-order valence-corrected chi connectivity index (χ2v) is 6.94. The first-order valence-electron chi connectivity index (χ1n) is 9.09. The summed E-state index contributed by atoms with van der Waals surface area (Å²) in [6.07, 6.45) is 0.189. The summed E-state index contributed by atoms with van der Waals surface area (Å²) in [5, 5.41) is 2.00. The molecule has 28 heavy (non-hydrogen) atoms. The van der Waals surface area contributed by atoms with E-state index in [2.05, 4.69) is 15.0 Å². The third-order valence-electron chi connectivity index (χ3n) is 4.84. The number of pyridine rings is 1. The van der Waals surface area contributed by atoms with Crippen molar-refractivity contribution in [2.75, 3.05) is 24.5 Å². The number of nitrogens with zero attached hydrogens (tertiary/aromatic N) is 4. The average molecular weight is 393 g/mol. The molecule has 1 atom stereocenters. The van der Waals surface area contributed by atoms with Crippen molar-refractivity contribution >= 4 is 11.7 Å². The molecule has 2 aromatic rings. The molecule has 3 heterocycles. The summed E-state index contributed by atoms with van der Waals surface area (Å²) in [4.78, 5) is 27.4. The monoisotopic (exact) mass is 393 g/mol. The molecule has 2 aromatic heterocycles. The highest BCUT2D eigenvalue weighted by molar-refractivity contribution is 5.79. The van der Waals surface area contributed by atoms with Crippen molar-refractivity contribution in [3.63, 3.8) is 0 Å². The second kappa shape index (κ2) is 8.12. The lowest BCUT2D eigenvalue weighted by molar-refractivity contribution is -0.140. The van der Waals surface area contributed by atoms with E-state index in [1.807, 2.05) is 30.1 Å². The van der Waals surface area contributed by atoms with Crippen molar-refractivity contribution in [1.29, 1.82) is 0 Å². The van der Waals surface area contributed by atoms with Crippen LogP contribution in [0.25, 0.3) is 11.4 Å². The Kier molecular flexibility index (Phi) is 5.81. The number of aromatic nitrogens is 3. The number of nitrogens with one attached hydrogen (secondary N) is 1. The number of aryl methyl sites for hydroxylation is 1. The fourth-order valence-corrected chi connectivity index (χ4v) is 3.26. The molecule has 0 bridgehead atoms. The number of piperidine rings is 1. The Balaban J connectivity index is 1.81. The number of hydrogen-bond donors (Lipinski definition) is 1.